The zero-order chi connectivity index (χ0) is 25.0. The van der Waals surface area contributed by atoms with E-state index in [2.05, 4.69) is 25.3 Å². The van der Waals surface area contributed by atoms with Crippen molar-refractivity contribution in [3.05, 3.63) is 52.1 Å². The van der Waals surface area contributed by atoms with Crippen LogP contribution in [0.1, 0.15) is 41.9 Å². The predicted molar refractivity (Wildman–Crippen MR) is 121 cm³/mol. The molecule has 0 radical (unpaired) electrons. The third kappa shape index (κ3) is 5.43. The van der Waals surface area contributed by atoms with Crippen LogP contribution in [0, 0.1) is 0 Å². The van der Waals surface area contributed by atoms with Crippen LogP contribution in [0.5, 0.6) is 0 Å². The second kappa shape index (κ2) is 9.94. The number of fused-ring (bicyclic) bond motifs is 1. The maximum atomic E-state index is 12.4. The Morgan fingerprint density at radius 2 is 1.85 bits per heavy atom. The average molecular weight is 469 g/mol. The first-order valence-electron chi connectivity index (χ1n) is 10.2. The molecular weight excluding hydrogens is 446 g/mol. The van der Waals surface area contributed by atoms with E-state index in [0.717, 1.165) is 5.69 Å². The molecule has 13 heteroatoms. The van der Waals surface area contributed by atoms with Gasteiger partial charge in [-0.3, -0.25) is 19.4 Å². The number of rotatable bonds is 9. The molecule has 0 aliphatic carbocycles. The zero-order valence-electron chi connectivity index (χ0n) is 18.3. The number of nitrogen functional groups attached to an aromatic ring is 1. The number of aliphatic carboxylic acids is 2. The first-order valence-corrected chi connectivity index (χ1v) is 10.2. The molecule has 1 amide bonds. The molecule has 34 heavy (non-hydrogen) atoms. The maximum absolute atomic E-state index is 12.4. The van der Waals surface area contributed by atoms with Crippen LogP contribution in [0.3, 0.4) is 0 Å². The summed E-state index contributed by atoms with van der Waals surface area (Å²) in [5, 5.41) is 20.3. The van der Waals surface area contributed by atoms with E-state index in [1.54, 1.807) is 19.2 Å². The lowest BCUT2D eigenvalue weighted by Gasteiger charge is -2.26. The topological polar surface area (TPSA) is 204 Å². The highest BCUT2D eigenvalue weighted by Crippen LogP contribution is 2.24. The summed E-state index contributed by atoms with van der Waals surface area (Å²) < 4.78 is 0. The fraction of sp³-hybridized carbons (Fsp3) is 0.286. The number of H-pyrrole nitrogens is 1. The molecule has 1 aromatic carbocycles. The molecule has 3 rings (SSSR count). The summed E-state index contributed by atoms with van der Waals surface area (Å²) in [5.74, 6) is -3.15. The Bertz CT molecular complexity index is 1290. The number of carboxylic acids is 2. The largest absolute Gasteiger partial charge is 0.481 e. The van der Waals surface area contributed by atoms with Crippen molar-refractivity contribution in [2.75, 3.05) is 17.7 Å². The number of hydrogen-bond donors (Lipinski definition) is 5. The van der Waals surface area contributed by atoms with Crippen LogP contribution in [0.15, 0.2) is 35.3 Å². The molecule has 0 saturated heterocycles. The number of nitrogens with one attached hydrogen (secondary N) is 2. The van der Waals surface area contributed by atoms with Crippen molar-refractivity contribution < 1.29 is 24.6 Å². The molecular formula is C21H23N7O6. The normalized spacial score (nSPS) is 12.6. The molecule has 0 fully saturated rings. The minimum Gasteiger partial charge on any atom is -0.481 e. The van der Waals surface area contributed by atoms with Gasteiger partial charge in [-0.15, -0.1) is 0 Å². The minimum atomic E-state index is -1.31. The van der Waals surface area contributed by atoms with Gasteiger partial charge in [0.15, 0.2) is 11.2 Å². The average Bonchev–Trinajstić information content (AvgIpc) is 2.80. The summed E-state index contributed by atoms with van der Waals surface area (Å²) in [4.78, 5) is 63.2. The van der Waals surface area contributed by atoms with Gasteiger partial charge < -0.3 is 26.2 Å². The van der Waals surface area contributed by atoms with E-state index in [1.165, 1.54) is 18.3 Å². The maximum Gasteiger partial charge on any atom is 0.326 e. The standard InChI is InChI=1S/C21H23N7O6/c1-10(14-9-23-17-16(24-14)19(32)27-21(22)26-17)28(2)12-5-3-11(4-6-12)18(31)25-13(20(33)34)7-8-15(29)30/h3-6,9-10,13H,7-8H2,1-2H3,(H,25,31)(H,29,30)(H,33,34)(H3,22,23,26,27,32)/t10?,13-/m0/s1. The van der Waals surface area contributed by atoms with E-state index in [-0.39, 0.29) is 41.6 Å². The van der Waals surface area contributed by atoms with Gasteiger partial charge in [0, 0.05) is 24.7 Å². The number of hydrogen-bond acceptors (Lipinski definition) is 9. The van der Waals surface area contributed by atoms with E-state index in [0.29, 0.717) is 5.69 Å². The Hall–Kier alpha value is -4.55. The van der Waals surface area contributed by atoms with Crippen molar-refractivity contribution >= 4 is 40.6 Å². The van der Waals surface area contributed by atoms with E-state index in [1.807, 2.05) is 11.8 Å². The number of nitrogens with two attached hydrogens (primary N) is 1. The lowest BCUT2D eigenvalue weighted by atomic mass is 10.1. The van der Waals surface area contributed by atoms with Crippen LogP contribution in [-0.2, 0) is 9.59 Å². The molecule has 6 N–H and O–H groups in total. The van der Waals surface area contributed by atoms with Gasteiger partial charge in [-0.2, -0.15) is 4.98 Å². The summed E-state index contributed by atoms with van der Waals surface area (Å²) in [6, 6.07) is 4.76. The lowest BCUT2D eigenvalue weighted by molar-refractivity contribution is -0.140. The fourth-order valence-electron chi connectivity index (χ4n) is 3.19. The summed E-state index contributed by atoms with van der Waals surface area (Å²) >= 11 is 0. The van der Waals surface area contributed by atoms with Crippen LogP contribution in [0.2, 0.25) is 0 Å². The summed E-state index contributed by atoms with van der Waals surface area (Å²) in [6.45, 7) is 1.86. The van der Waals surface area contributed by atoms with Gasteiger partial charge in [-0.25, -0.2) is 14.8 Å². The first kappa shape index (κ1) is 24.1. The van der Waals surface area contributed by atoms with Crippen molar-refractivity contribution in [3.63, 3.8) is 0 Å². The van der Waals surface area contributed by atoms with Crippen LogP contribution in [0.4, 0.5) is 11.6 Å². The second-order valence-corrected chi connectivity index (χ2v) is 7.55. The first-order chi connectivity index (χ1) is 16.1. The zero-order valence-corrected chi connectivity index (χ0v) is 18.3. The number of aromatic amines is 1. The molecule has 2 aromatic heterocycles. The molecule has 0 saturated carbocycles. The third-order valence-corrected chi connectivity index (χ3v) is 5.25. The number of benzene rings is 1. The Balaban J connectivity index is 1.74. The van der Waals surface area contributed by atoms with Crippen LogP contribution < -0.4 is 21.5 Å². The number of anilines is 2. The molecule has 0 spiro atoms. The van der Waals surface area contributed by atoms with Gasteiger partial charge in [0.05, 0.1) is 17.9 Å². The highest BCUT2D eigenvalue weighted by Gasteiger charge is 2.22. The van der Waals surface area contributed by atoms with E-state index in [4.69, 9.17) is 10.8 Å². The molecule has 2 heterocycles. The molecule has 0 aliphatic rings. The summed E-state index contributed by atoms with van der Waals surface area (Å²) in [5.41, 5.74) is 6.68. The van der Waals surface area contributed by atoms with Crippen molar-refractivity contribution in [3.8, 4) is 0 Å². The Morgan fingerprint density at radius 1 is 1.18 bits per heavy atom. The van der Waals surface area contributed by atoms with Crippen LogP contribution >= 0.6 is 0 Å². The molecule has 1 unspecified atom stereocenters. The van der Waals surface area contributed by atoms with E-state index in [9.17, 15) is 24.3 Å². The van der Waals surface area contributed by atoms with E-state index < -0.39 is 29.4 Å². The van der Waals surface area contributed by atoms with Crippen LogP contribution in [0.25, 0.3) is 11.2 Å². The highest BCUT2D eigenvalue weighted by atomic mass is 16.4. The molecule has 3 aromatic rings. The number of aromatic nitrogens is 4. The molecule has 178 valence electrons. The van der Waals surface area contributed by atoms with Crippen LogP contribution in [-0.4, -0.2) is 61.1 Å². The van der Waals surface area contributed by atoms with Crippen molar-refractivity contribution in [2.45, 2.75) is 31.8 Å². The van der Waals surface area contributed by atoms with Crippen molar-refractivity contribution in [1.29, 1.82) is 0 Å². The quantitative estimate of drug-likeness (QED) is 0.292. The number of amides is 1. The Labute approximate surface area is 192 Å². The van der Waals surface area contributed by atoms with E-state index >= 15 is 0 Å². The fourth-order valence-corrected chi connectivity index (χ4v) is 3.19. The van der Waals surface area contributed by atoms with Crippen molar-refractivity contribution in [1.82, 2.24) is 25.3 Å². The van der Waals surface area contributed by atoms with Crippen molar-refractivity contribution in [2.24, 2.45) is 0 Å². The minimum absolute atomic E-state index is 0.0506. The molecule has 13 nitrogen and oxygen atoms in total. The summed E-state index contributed by atoms with van der Waals surface area (Å²) in [6.07, 6.45) is 0.888. The number of nitrogens with zero attached hydrogens (tertiary/aromatic N) is 4. The van der Waals surface area contributed by atoms with Gasteiger partial charge >= 0.3 is 11.9 Å². The van der Waals surface area contributed by atoms with Gasteiger partial charge in [-0.1, -0.05) is 0 Å². The molecule has 2 atom stereocenters. The SMILES string of the molecule is CC(c1cnc2nc(N)[nH]c(=O)c2n1)N(C)c1ccc(C(=O)N[C@@H](CCC(=O)O)C(=O)O)cc1. The number of carbonyl (C=O) groups is 3. The van der Waals surface area contributed by atoms with Gasteiger partial charge in [-0.05, 0) is 37.6 Å². The number of carbonyl (C=O) groups excluding carboxylic acids is 1. The predicted octanol–water partition coefficient (Wildman–Crippen LogP) is 0.541. The van der Waals surface area contributed by atoms with Gasteiger partial charge in [0.1, 0.15) is 6.04 Å². The smallest absolute Gasteiger partial charge is 0.326 e. The third-order valence-electron chi connectivity index (χ3n) is 5.25. The van der Waals surface area contributed by atoms with Gasteiger partial charge in [0.2, 0.25) is 5.95 Å². The Kier molecular flexibility index (Phi) is 7.04. The highest BCUT2D eigenvalue weighted by molar-refractivity contribution is 5.97. The molecule has 0 bridgehead atoms. The summed E-state index contributed by atoms with van der Waals surface area (Å²) in [7, 11) is 1.80. The Morgan fingerprint density at radius 3 is 2.47 bits per heavy atom. The lowest BCUT2D eigenvalue weighted by Crippen LogP contribution is -2.41. The second-order valence-electron chi connectivity index (χ2n) is 7.55. The number of carboxylic acid groups (broad SMARTS) is 2. The molecule has 0 aliphatic heterocycles. The monoisotopic (exact) mass is 469 g/mol. The van der Waals surface area contributed by atoms with Gasteiger partial charge in [0.25, 0.3) is 11.5 Å².